The summed E-state index contributed by atoms with van der Waals surface area (Å²) in [5, 5.41) is 0. The molecule has 0 spiro atoms. The van der Waals surface area contributed by atoms with Crippen molar-refractivity contribution in [3.05, 3.63) is 95.8 Å². The van der Waals surface area contributed by atoms with E-state index in [1.165, 1.54) is 28.0 Å². The molecule has 1 aliphatic rings. The van der Waals surface area contributed by atoms with Gasteiger partial charge in [-0.2, -0.15) is 0 Å². The molecule has 0 N–H and O–H groups in total. The van der Waals surface area contributed by atoms with Crippen molar-refractivity contribution < 1.29 is 4.74 Å². The van der Waals surface area contributed by atoms with Gasteiger partial charge < -0.3 is 9.64 Å². The number of rotatable bonds is 4. The highest BCUT2D eigenvalue weighted by molar-refractivity contribution is 5.91. The third-order valence-corrected chi connectivity index (χ3v) is 4.66. The summed E-state index contributed by atoms with van der Waals surface area (Å²) in [4.78, 5) is 6.52. The Morgan fingerprint density at radius 3 is 2.15 bits per heavy atom. The van der Waals surface area contributed by atoms with Crippen molar-refractivity contribution in [2.75, 3.05) is 31.2 Å². The maximum atomic E-state index is 5.44. The third kappa shape index (κ3) is 3.84. The van der Waals surface area contributed by atoms with Crippen LogP contribution in [-0.4, -0.2) is 31.3 Å². The van der Waals surface area contributed by atoms with Crippen LogP contribution in [0.2, 0.25) is 0 Å². The number of morpholine rings is 1. The number of aromatic nitrogens is 1. The number of hydrogen-bond acceptors (Lipinski definition) is 3. The van der Waals surface area contributed by atoms with Gasteiger partial charge in [0.15, 0.2) is 0 Å². The summed E-state index contributed by atoms with van der Waals surface area (Å²) in [5.41, 5.74) is 6.03. The van der Waals surface area contributed by atoms with Gasteiger partial charge in [0.2, 0.25) is 0 Å². The van der Waals surface area contributed by atoms with Crippen LogP contribution in [-0.2, 0) is 4.74 Å². The van der Waals surface area contributed by atoms with Crippen molar-refractivity contribution in [3.8, 4) is 0 Å². The second kappa shape index (κ2) is 7.98. The summed E-state index contributed by atoms with van der Waals surface area (Å²) in [6, 6.07) is 23.4. The summed E-state index contributed by atoms with van der Waals surface area (Å²) in [6.07, 6.45) is 5.93. The minimum absolute atomic E-state index is 0.807. The molecule has 2 heterocycles. The molecular formula is C23H22N2O. The van der Waals surface area contributed by atoms with Gasteiger partial charge in [0, 0.05) is 31.2 Å². The molecule has 26 heavy (non-hydrogen) atoms. The highest BCUT2D eigenvalue weighted by Crippen LogP contribution is 2.26. The highest BCUT2D eigenvalue weighted by atomic mass is 16.5. The molecule has 0 radical (unpaired) electrons. The molecule has 0 bridgehead atoms. The largest absolute Gasteiger partial charge is 0.378 e. The summed E-state index contributed by atoms with van der Waals surface area (Å²) in [5.74, 6) is 0. The van der Waals surface area contributed by atoms with Crippen LogP contribution in [0.1, 0.15) is 16.7 Å². The van der Waals surface area contributed by atoms with Gasteiger partial charge in [0.05, 0.1) is 13.2 Å². The first-order chi connectivity index (χ1) is 12.9. The number of nitrogens with zero attached hydrogens (tertiary/aromatic N) is 2. The van der Waals surface area contributed by atoms with Crippen LogP contribution in [0.4, 0.5) is 5.69 Å². The van der Waals surface area contributed by atoms with Gasteiger partial charge >= 0.3 is 0 Å². The number of anilines is 1. The average Bonchev–Trinajstić information content (AvgIpc) is 2.74. The Kier molecular flexibility index (Phi) is 5.08. The quantitative estimate of drug-likeness (QED) is 0.653. The molecule has 1 fully saturated rings. The van der Waals surface area contributed by atoms with Crippen molar-refractivity contribution in [2.45, 2.75) is 0 Å². The second-order valence-corrected chi connectivity index (χ2v) is 6.35. The Morgan fingerprint density at radius 1 is 0.808 bits per heavy atom. The van der Waals surface area contributed by atoms with Gasteiger partial charge in [-0.1, -0.05) is 42.5 Å². The van der Waals surface area contributed by atoms with E-state index in [2.05, 4.69) is 76.6 Å². The lowest BCUT2D eigenvalue weighted by molar-refractivity contribution is 0.122. The molecule has 1 saturated heterocycles. The molecular weight excluding hydrogens is 320 g/mol. The maximum absolute atomic E-state index is 5.44. The standard InChI is InChI=1S/C23H22N2O/c1-2-4-20(5-3-1)23(21-10-12-24-13-11-21)18-19-6-8-22(9-7-19)25-14-16-26-17-15-25/h1-13,18H,14-17H2/b23-18+. The zero-order valence-electron chi connectivity index (χ0n) is 14.7. The van der Waals surface area contributed by atoms with Gasteiger partial charge in [-0.25, -0.2) is 0 Å². The molecule has 1 aromatic heterocycles. The molecule has 4 rings (SSSR count). The zero-order chi connectivity index (χ0) is 17.6. The first-order valence-electron chi connectivity index (χ1n) is 9.00. The molecule has 3 nitrogen and oxygen atoms in total. The van der Waals surface area contributed by atoms with Crippen LogP contribution in [0.3, 0.4) is 0 Å². The van der Waals surface area contributed by atoms with Crippen molar-refractivity contribution in [2.24, 2.45) is 0 Å². The Morgan fingerprint density at radius 2 is 1.46 bits per heavy atom. The van der Waals surface area contributed by atoms with E-state index in [-0.39, 0.29) is 0 Å². The van der Waals surface area contributed by atoms with E-state index >= 15 is 0 Å². The summed E-state index contributed by atoms with van der Waals surface area (Å²) < 4.78 is 5.44. The molecule has 0 unspecified atom stereocenters. The predicted octanol–water partition coefficient (Wildman–Crippen LogP) is 4.51. The van der Waals surface area contributed by atoms with Crippen LogP contribution < -0.4 is 4.90 Å². The first-order valence-corrected chi connectivity index (χ1v) is 9.00. The van der Waals surface area contributed by atoms with Crippen molar-refractivity contribution in [1.29, 1.82) is 0 Å². The van der Waals surface area contributed by atoms with E-state index in [1.54, 1.807) is 0 Å². The second-order valence-electron chi connectivity index (χ2n) is 6.35. The van der Waals surface area contributed by atoms with Crippen LogP contribution >= 0.6 is 0 Å². The van der Waals surface area contributed by atoms with E-state index in [4.69, 9.17) is 4.74 Å². The molecule has 0 atom stereocenters. The van der Waals surface area contributed by atoms with E-state index < -0.39 is 0 Å². The van der Waals surface area contributed by atoms with E-state index in [9.17, 15) is 0 Å². The summed E-state index contributed by atoms with van der Waals surface area (Å²) in [6.45, 7) is 3.53. The minimum Gasteiger partial charge on any atom is -0.378 e. The number of hydrogen-bond donors (Lipinski definition) is 0. The lowest BCUT2D eigenvalue weighted by atomic mass is 9.96. The van der Waals surface area contributed by atoms with Gasteiger partial charge in [-0.15, -0.1) is 0 Å². The average molecular weight is 342 g/mol. The topological polar surface area (TPSA) is 25.4 Å². The molecule has 130 valence electrons. The molecule has 2 aromatic carbocycles. The Labute approximate surface area is 154 Å². The molecule has 0 amide bonds. The lowest BCUT2D eigenvalue weighted by Crippen LogP contribution is -2.36. The van der Waals surface area contributed by atoms with Crippen molar-refractivity contribution in [1.82, 2.24) is 4.98 Å². The van der Waals surface area contributed by atoms with E-state index in [0.717, 1.165) is 26.3 Å². The normalized spacial score (nSPS) is 15.1. The van der Waals surface area contributed by atoms with Crippen LogP contribution in [0.15, 0.2) is 79.1 Å². The van der Waals surface area contributed by atoms with Gasteiger partial charge in [0.25, 0.3) is 0 Å². The van der Waals surface area contributed by atoms with Crippen LogP contribution in [0, 0.1) is 0 Å². The third-order valence-electron chi connectivity index (χ3n) is 4.66. The monoisotopic (exact) mass is 342 g/mol. The summed E-state index contributed by atoms with van der Waals surface area (Å²) >= 11 is 0. The number of pyridine rings is 1. The fraction of sp³-hybridized carbons (Fsp3) is 0.174. The Hall–Kier alpha value is -2.91. The van der Waals surface area contributed by atoms with Crippen LogP contribution in [0.5, 0.6) is 0 Å². The zero-order valence-corrected chi connectivity index (χ0v) is 14.7. The fourth-order valence-electron chi connectivity index (χ4n) is 3.25. The lowest BCUT2D eigenvalue weighted by Gasteiger charge is -2.28. The van der Waals surface area contributed by atoms with E-state index in [1.807, 2.05) is 18.5 Å². The van der Waals surface area contributed by atoms with Crippen molar-refractivity contribution >= 4 is 17.3 Å². The molecule has 0 saturated carbocycles. The first kappa shape index (κ1) is 16.6. The molecule has 1 aliphatic heterocycles. The van der Waals surface area contributed by atoms with Crippen LogP contribution in [0.25, 0.3) is 11.6 Å². The maximum Gasteiger partial charge on any atom is 0.0642 e. The highest BCUT2D eigenvalue weighted by Gasteiger charge is 2.11. The number of ether oxygens (including phenoxy) is 1. The molecule has 0 aliphatic carbocycles. The molecule has 3 aromatic rings. The SMILES string of the molecule is C(=C(/c1ccccc1)c1ccncc1)/c1ccc(N2CCOCC2)cc1. The van der Waals surface area contributed by atoms with E-state index in [0.29, 0.717) is 0 Å². The van der Waals surface area contributed by atoms with Gasteiger partial charge in [-0.3, -0.25) is 4.98 Å². The summed E-state index contributed by atoms with van der Waals surface area (Å²) in [7, 11) is 0. The van der Waals surface area contributed by atoms with Gasteiger partial charge in [-0.05, 0) is 52.6 Å². The number of benzene rings is 2. The fourth-order valence-corrected chi connectivity index (χ4v) is 3.25. The van der Waals surface area contributed by atoms with Crippen molar-refractivity contribution in [3.63, 3.8) is 0 Å². The predicted molar refractivity (Wildman–Crippen MR) is 107 cm³/mol. The Balaban J connectivity index is 1.66. The van der Waals surface area contributed by atoms with Gasteiger partial charge in [0.1, 0.15) is 0 Å². The smallest absolute Gasteiger partial charge is 0.0642 e. The molecule has 3 heteroatoms. The minimum atomic E-state index is 0.807. The Bertz CT molecular complexity index is 810.